The van der Waals surface area contributed by atoms with E-state index in [0.717, 1.165) is 12.8 Å². The van der Waals surface area contributed by atoms with Crippen LogP contribution in [0.5, 0.6) is 0 Å². The topological polar surface area (TPSA) is 30.0 Å². The van der Waals surface area contributed by atoms with Crippen molar-refractivity contribution in [3.8, 4) is 0 Å². The standard InChI is InChI=1S/C15H13Cl2NO/c1-2-3-10-4-6-11(7-5-10)15(19)14-13(17)8-12(16)9-18-14/h4-9H,2-3H2,1H3. The Bertz CT molecular complexity index is 594. The maximum absolute atomic E-state index is 12.3. The zero-order valence-electron chi connectivity index (χ0n) is 10.5. The van der Waals surface area contributed by atoms with E-state index in [-0.39, 0.29) is 16.5 Å². The summed E-state index contributed by atoms with van der Waals surface area (Å²) in [7, 11) is 0. The molecule has 98 valence electrons. The van der Waals surface area contributed by atoms with Crippen LogP contribution >= 0.6 is 23.2 Å². The van der Waals surface area contributed by atoms with Crippen LogP contribution in [-0.2, 0) is 6.42 Å². The number of aryl methyl sites for hydroxylation is 1. The lowest BCUT2D eigenvalue weighted by atomic mass is 10.0. The molecular formula is C15H13Cl2NO. The lowest BCUT2D eigenvalue weighted by Crippen LogP contribution is -2.05. The molecule has 0 N–H and O–H groups in total. The van der Waals surface area contributed by atoms with Crippen LogP contribution in [0.2, 0.25) is 10.0 Å². The molecule has 0 radical (unpaired) electrons. The summed E-state index contributed by atoms with van der Waals surface area (Å²) < 4.78 is 0. The molecule has 4 heteroatoms. The Morgan fingerprint density at radius 3 is 2.47 bits per heavy atom. The highest BCUT2D eigenvalue weighted by atomic mass is 35.5. The molecule has 0 aliphatic heterocycles. The first kappa shape index (κ1) is 14.0. The molecule has 0 saturated heterocycles. The predicted octanol–water partition coefficient (Wildman–Crippen LogP) is 4.57. The van der Waals surface area contributed by atoms with Gasteiger partial charge in [-0.1, -0.05) is 60.8 Å². The lowest BCUT2D eigenvalue weighted by Gasteiger charge is -2.04. The molecule has 0 atom stereocenters. The van der Waals surface area contributed by atoms with Crippen LogP contribution in [0.4, 0.5) is 0 Å². The van der Waals surface area contributed by atoms with Gasteiger partial charge >= 0.3 is 0 Å². The van der Waals surface area contributed by atoms with E-state index in [2.05, 4.69) is 11.9 Å². The number of nitrogens with zero attached hydrogens (tertiary/aromatic N) is 1. The molecule has 0 bridgehead atoms. The molecule has 2 rings (SSSR count). The minimum absolute atomic E-state index is 0.190. The van der Waals surface area contributed by atoms with Gasteiger partial charge in [0.2, 0.25) is 5.78 Å². The van der Waals surface area contributed by atoms with Gasteiger partial charge < -0.3 is 0 Å². The van der Waals surface area contributed by atoms with E-state index in [0.29, 0.717) is 10.6 Å². The number of pyridine rings is 1. The summed E-state index contributed by atoms with van der Waals surface area (Å²) in [5.41, 5.74) is 2.03. The van der Waals surface area contributed by atoms with Gasteiger partial charge in [0.1, 0.15) is 5.69 Å². The smallest absolute Gasteiger partial charge is 0.212 e. The highest BCUT2D eigenvalue weighted by Gasteiger charge is 2.14. The van der Waals surface area contributed by atoms with E-state index in [1.165, 1.54) is 17.8 Å². The fraction of sp³-hybridized carbons (Fsp3) is 0.200. The number of rotatable bonds is 4. The summed E-state index contributed by atoms with van der Waals surface area (Å²) in [5.74, 6) is -0.190. The van der Waals surface area contributed by atoms with Crippen LogP contribution in [0.25, 0.3) is 0 Å². The average Bonchev–Trinajstić information content (AvgIpc) is 2.39. The van der Waals surface area contributed by atoms with Crippen molar-refractivity contribution in [3.63, 3.8) is 0 Å². The Balaban J connectivity index is 2.28. The van der Waals surface area contributed by atoms with Crippen molar-refractivity contribution in [3.05, 3.63) is 63.4 Å². The third-order valence-corrected chi connectivity index (χ3v) is 3.27. The van der Waals surface area contributed by atoms with Gasteiger partial charge in [-0.25, -0.2) is 4.98 Å². The van der Waals surface area contributed by atoms with E-state index < -0.39 is 0 Å². The third-order valence-electron chi connectivity index (χ3n) is 2.78. The number of halogens is 2. The van der Waals surface area contributed by atoms with Gasteiger partial charge in [-0.15, -0.1) is 0 Å². The summed E-state index contributed by atoms with van der Waals surface area (Å²) in [6.45, 7) is 2.12. The Hall–Kier alpha value is -1.38. The number of ketones is 1. The maximum Gasteiger partial charge on any atom is 0.212 e. The zero-order valence-corrected chi connectivity index (χ0v) is 12.0. The maximum atomic E-state index is 12.3. The monoisotopic (exact) mass is 293 g/mol. The van der Waals surface area contributed by atoms with Gasteiger partial charge in [-0.3, -0.25) is 4.79 Å². The van der Waals surface area contributed by atoms with Crippen molar-refractivity contribution < 1.29 is 4.79 Å². The van der Waals surface area contributed by atoms with Crippen LogP contribution in [-0.4, -0.2) is 10.8 Å². The van der Waals surface area contributed by atoms with Gasteiger partial charge in [-0.2, -0.15) is 0 Å². The zero-order chi connectivity index (χ0) is 13.8. The minimum Gasteiger partial charge on any atom is -0.287 e. The molecule has 1 aromatic carbocycles. The van der Waals surface area contributed by atoms with Crippen LogP contribution < -0.4 is 0 Å². The van der Waals surface area contributed by atoms with Gasteiger partial charge in [0.05, 0.1) is 10.0 Å². The molecule has 0 unspecified atom stereocenters. The molecule has 0 spiro atoms. The summed E-state index contributed by atoms with van der Waals surface area (Å²) in [6, 6.07) is 9.05. The van der Waals surface area contributed by atoms with Crippen molar-refractivity contribution in [2.75, 3.05) is 0 Å². The lowest BCUT2D eigenvalue weighted by molar-refractivity contribution is 0.103. The molecule has 0 fully saturated rings. The van der Waals surface area contributed by atoms with Crippen LogP contribution in [0.15, 0.2) is 36.5 Å². The molecule has 0 saturated carbocycles. The Labute approximate surface area is 122 Å². The van der Waals surface area contributed by atoms with E-state index in [9.17, 15) is 4.79 Å². The summed E-state index contributed by atoms with van der Waals surface area (Å²) >= 11 is 11.8. The highest BCUT2D eigenvalue weighted by molar-refractivity contribution is 6.37. The molecule has 2 aromatic rings. The quantitative estimate of drug-likeness (QED) is 0.773. The number of aromatic nitrogens is 1. The fourth-order valence-electron chi connectivity index (χ4n) is 1.83. The minimum atomic E-state index is -0.190. The first-order valence-corrected chi connectivity index (χ1v) is 6.82. The Morgan fingerprint density at radius 1 is 1.21 bits per heavy atom. The van der Waals surface area contributed by atoms with Gasteiger partial charge in [0, 0.05) is 11.8 Å². The van der Waals surface area contributed by atoms with Gasteiger partial charge in [0.25, 0.3) is 0 Å². The van der Waals surface area contributed by atoms with Crippen molar-refractivity contribution in [1.29, 1.82) is 0 Å². The van der Waals surface area contributed by atoms with Gasteiger partial charge in [0.15, 0.2) is 0 Å². The van der Waals surface area contributed by atoms with Crippen molar-refractivity contribution >= 4 is 29.0 Å². The van der Waals surface area contributed by atoms with Crippen LogP contribution in [0.1, 0.15) is 35.0 Å². The summed E-state index contributed by atoms with van der Waals surface area (Å²) in [5, 5.41) is 0.690. The molecule has 1 heterocycles. The molecule has 0 aliphatic rings. The Morgan fingerprint density at radius 2 is 1.89 bits per heavy atom. The number of carbonyl (C=O) groups excluding carboxylic acids is 1. The molecule has 0 amide bonds. The number of hydrogen-bond donors (Lipinski definition) is 0. The van der Waals surface area contributed by atoms with E-state index in [1.807, 2.05) is 12.1 Å². The van der Waals surface area contributed by atoms with Crippen LogP contribution in [0.3, 0.4) is 0 Å². The molecule has 1 aromatic heterocycles. The van der Waals surface area contributed by atoms with Gasteiger partial charge in [-0.05, 0) is 18.1 Å². The van der Waals surface area contributed by atoms with Crippen molar-refractivity contribution in [2.24, 2.45) is 0 Å². The van der Waals surface area contributed by atoms with E-state index in [4.69, 9.17) is 23.2 Å². The summed E-state index contributed by atoms with van der Waals surface area (Å²) in [6.07, 6.45) is 3.51. The second-order valence-corrected chi connectivity index (χ2v) is 5.10. The second-order valence-electron chi connectivity index (χ2n) is 4.26. The normalized spacial score (nSPS) is 10.5. The third kappa shape index (κ3) is 3.34. The first-order chi connectivity index (χ1) is 9.11. The van der Waals surface area contributed by atoms with Crippen molar-refractivity contribution in [1.82, 2.24) is 4.98 Å². The van der Waals surface area contributed by atoms with Crippen LogP contribution in [0, 0.1) is 0 Å². The number of benzene rings is 1. The largest absolute Gasteiger partial charge is 0.287 e. The number of carbonyl (C=O) groups is 1. The SMILES string of the molecule is CCCc1ccc(C(=O)c2ncc(Cl)cc2Cl)cc1. The van der Waals surface area contributed by atoms with E-state index in [1.54, 1.807) is 12.1 Å². The number of hydrogen-bond acceptors (Lipinski definition) is 2. The Kier molecular flexibility index (Phi) is 4.56. The molecule has 0 aliphatic carbocycles. The second kappa shape index (κ2) is 6.18. The predicted molar refractivity (Wildman–Crippen MR) is 78.1 cm³/mol. The average molecular weight is 294 g/mol. The molecular weight excluding hydrogens is 281 g/mol. The van der Waals surface area contributed by atoms with E-state index >= 15 is 0 Å². The van der Waals surface area contributed by atoms with Crippen molar-refractivity contribution in [2.45, 2.75) is 19.8 Å². The summed E-state index contributed by atoms with van der Waals surface area (Å²) in [4.78, 5) is 16.3. The molecule has 19 heavy (non-hydrogen) atoms. The first-order valence-electron chi connectivity index (χ1n) is 6.06. The molecule has 2 nitrogen and oxygen atoms in total. The fourth-order valence-corrected chi connectivity index (χ4v) is 2.30. The highest BCUT2D eigenvalue weighted by Crippen LogP contribution is 2.21.